The monoisotopic (exact) mass is 1020 g/mol. The molecule has 0 saturated carbocycles. The van der Waals surface area contributed by atoms with Crippen molar-refractivity contribution in [1.82, 2.24) is 0 Å². The van der Waals surface area contributed by atoms with Gasteiger partial charge in [-0.3, -0.25) is 0 Å². The van der Waals surface area contributed by atoms with Gasteiger partial charge in [0.05, 0.1) is 0 Å². The normalized spacial score (nSPS) is 12.1. The Morgan fingerprint density at radius 2 is 0.312 bits per heavy atom. The molecule has 0 atom stereocenters. The molecular formula is C80H56. The molecule has 0 amide bonds. The summed E-state index contributed by atoms with van der Waals surface area (Å²) in [5, 5.41) is 0. The van der Waals surface area contributed by atoms with Crippen LogP contribution in [-0.2, 0) is 12.8 Å². The Morgan fingerprint density at radius 1 is 0.150 bits per heavy atom. The Morgan fingerprint density at radius 3 is 0.500 bits per heavy atom. The summed E-state index contributed by atoms with van der Waals surface area (Å²) in [6, 6.07) is 116. The molecule has 2 aliphatic rings. The second kappa shape index (κ2) is 21.4. The average Bonchev–Trinajstić information content (AvgIpc) is 4.19. The fourth-order valence-corrected chi connectivity index (χ4v) is 12.9. The van der Waals surface area contributed by atoms with Crippen LogP contribution in [0.5, 0.6) is 0 Å². The van der Waals surface area contributed by atoms with Crippen molar-refractivity contribution < 1.29 is 0 Å². The molecule has 12 aromatic carbocycles. The van der Waals surface area contributed by atoms with Gasteiger partial charge in [0.2, 0.25) is 0 Å². The number of rotatable bonds is 12. The van der Waals surface area contributed by atoms with E-state index in [1.165, 1.54) is 145 Å². The van der Waals surface area contributed by atoms with Crippen LogP contribution in [-0.4, -0.2) is 0 Å². The minimum atomic E-state index is 0.782. The second-order valence-corrected chi connectivity index (χ2v) is 20.9. The molecule has 0 spiro atoms. The third-order valence-electron chi connectivity index (χ3n) is 16.3. The number of hydrogen-bond acceptors (Lipinski definition) is 0. The van der Waals surface area contributed by atoms with E-state index in [-0.39, 0.29) is 0 Å². The highest BCUT2D eigenvalue weighted by Crippen LogP contribution is 2.52. The highest BCUT2D eigenvalue weighted by atomic mass is 14.4. The van der Waals surface area contributed by atoms with E-state index in [0.29, 0.717) is 0 Å². The molecule has 0 nitrogen and oxygen atoms in total. The molecule has 0 aliphatic heterocycles. The van der Waals surface area contributed by atoms with Gasteiger partial charge in [-0.05, 0) is 158 Å². The Labute approximate surface area is 470 Å². The van der Waals surface area contributed by atoms with Crippen LogP contribution in [0.25, 0.3) is 55.7 Å². The van der Waals surface area contributed by atoms with E-state index in [1.54, 1.807) is 0 Å². The molecule has 2 aliphatic carbocycles. The van der Waals surface area contributed by atoms with Gasteiger partial charge in [0.15, 0.2) is 0 Å². The van der Waals surface area contributed by atoms with Crippen LogP contribution in [0, 0.1) is 0 Å². The van der Waals surface area contributed by atoms with Crippen molar-refractivity contribution in [2.45, 2.75) is 12.8 Å². The topological polar surface area (TPSA) is 0 Å². The maximum absolute atomic E-state index is 2.39. The number of benzene rings is 12. The smallest absolute Gasteiger partial charge is 0.000110 e. The Kier molecular flexibility index (Phi) is 12.9. The van der Waals surface area contributed by atoms with Gasteiger partial charge in [-0.15, -0.1) is 0 Å². The highest BCUT2D eigenvalue weighted by molar-refractivity contribution is 6.11. The van der Waals surface area contributed by atoms with Crippen LogP contribution < -0.4 is 0 Å². The van der Waals surface area contributed by atoms with Gasteiger partial charge in [-0.2, -0.15) is 0 Å². The number of hydrogen-bond donors (Lipinski definition) is 0. The molecule has 12 aromatic rings. The van der Waals surface area contributed by atoms with Gasteiger partial charge in [0.25, 0.3) is 0 Å². The standard InChI is InChI=1S/C80H56/c1-9-29-55(30-10-1)75(56-31-11-2-12-32-56)77(59-37-17-5-18-38-59)67-49-25-45-63-65-47-27-51-69(73(65)53-71(63)67)79(61-41-21-7-22-42-61)80(62-43-23-8-24-44-62)70-52-28-48-66-64-46-26-50-68(72(64)54-74(66)70)78(60-39-19-6-20-40-60)76(57-33-13-3-14-34-57)58-35-15-4-16-36-58/h1-52H,53-54H2/b80-79-. The minimum Gasteiger partial charge on any atom is -0.0622 e. The molecule has 0 radical (unpaired) electrons. The fourth-order valence-electron chi connectivity index (χ4n) is 12.9. The molecule has 376 valence electrons. The summed E-state index contributed by atoms with van der Waals surface area (Å²) in [6.45, 7) is 0. The van der Waals surface area contributed by atoms with Crippen molar-refractivity contribution in [3.8, 4) is 22.3 Å². The SMILES string of the molecule is c1ccc(C(=C(c2ccccc2)c2cccc3c2Cc2c(/C(=C(/c4ccccc4)c4cccc5c4Cc4c(C(=C(c6ccccc6)c6ccccc6)c6ccccc6)cccc4-5)c4ccccc4)cccc2-3)c2ccccc2)cc1. The Balaban J connectivity index is 0.990. The molecule has 0 unspecified atom stereocenters. The van der Waals surface area contributed by atoms with Crippen molar-refractivity contribution in [2.75, 3.05) is 0 Å². The van der Waals surface area contributed by atoms with E-state index in [9.17, 15) is 0 Å². The second-order valence-electron chi connectivity index (χ2n) is 20.9. The summed E-state index contributed by atoms with van der Waals surface area (Å²) in [4.78, 5) is 0. The summed E-state index contributed by atoms with van der Waals surface area (Å²) in [5.41, 5.74) is 32.5. The fraction of sp³-hybridized carbons (Fsp3) is 0.0250. The number of fused-ring (bicyclic) bond motifs is 6. The molecule has 80 heavy (non-hydrogen) atoms. The lowest BCUT2D eigenvalue weighted by Crippen LogP contribution is -2.03. The van der Waals surface area contributed by atoms with Crippen molar-refractivity contribution in [3.63, 3.8) is 0 Å². The predicted octanol–water partition coefficient (Wildman–Crippen LogP) is 19.9. The molecule has 0 fully saturated rings. The zero-order valence-corrected chi connectivity index (χ0v) is 44.4. The van der Waals surface area contributed by atoms with Crippen LogP contribution in [0.3, 0.4) is 0 Å². The first-order valence-electron chi connectivity index (χ1n) is 27.9. The third kappa shape index (κ3) is 8.78. The quantitative estimate of drug-likeness (QED) is 0.107. The molecular weight excluding hydrogens is 961 g/mol. The van der Waals surface area contributed by atoms with Gasteiger partial charge < -0.3 is 0 Å². The highest BCUT2D eigenvalue weighted by Gasteiger charge is 2.32. The molecule has 14 rings (SSSR count). The summed E-state index contributed by atoms with van der Waals surface area (Å²) in [5.74, 6) is 0. The minimum absolute atomic E-state index is 0.782. The zero-order chi connectivity index (χ0) is 53.2. The first-order valence-corrected chi connectivity index (χ1v) is 27.9. The Hall–Kier alpha value is -10.1. The lowest BCUT2D eigenvalue weighted by molar-refractivity contribution is 1.22. The van der Waals surface area contributed by atoms with Crippen molar-refractivity contribution >= 4 is 33.4 Å². The molecule has 0 aromatic heterocycles. The molecule has 0 bridgehead atoms. The van der Waals surface area contributed by atoms with Crippen LogP contribution >= 0.6 is 0 Å². The maximum Gasteiger partial charge on any atom is -0.000110 e. The maximum atomic E-state index is 2.39. The van der Waals surface area contributed by atoms with Crippen LogP contribution in [0.15, 0.2) is 315 Å². The molecule has 0 heterocycles. The average molecular weight is 1020 g/mol. The molecule has 0 N–H and O–H groups in total. The van der Waals surface area contributed by atoms with E-state index in [4.69, 9.17) is 0 Å². The first-order chi connectivity index (χ1) is 39.8. The van der Waals surface area contributed by atoms with Gasteiger partial charge >= 0.3 is 0 Å². The predicted molar refractivity (Wildman–Crippen MR) is 336 cm³/mol. The van der Waals surface area contributed by atoms with E-state index >= 15 is 0 Å². The van der Waals surface area contributed by atoms with E-state index in [1.807, 2.05) is 0 Å². The van der Waals surface area contributed by atoms with Gasteiger partial charge in [0.1, 0.15) is 0 Å². The Bertz CT molecular complexity index is 3940. The lowest BCUT2D eigenvalue weighted by atomic mass is 9.81. The van der Waals surface area contributed by atoms with E-state index in [2.05, 4.69) is 315 Å². The lowest BCUT2D eigenvalue weighted by Gasteiger charge is -2.22. The summed E-state index contributed by atoms with van der Waals surface area (Å²) in [6.07, 6.45) is 1.56. The van der Waals surface area contributed by atoms with Crippen LogP contribution in [0.4, 0.5) is 0 Å². The van der Waals surface area contributed by atoms with Gasteiger partial charge in [0, 0.05) is 0 Å². The van der Waals surface area contributed by atoms with E-state index in [0.717, 1.165) is 12.8 Å². The summed E-state index contributed by atoms with van der Waals surface area (Å²) in [7, 11) is 0. The van der Waals surface area contributed by atoms with Crippen molar-refractivity contribution in [1.29, 1.82) is 0 Å². The van der Waals surface area contributed by atoms with Crippen molar-refractivity contribution in [3.05, 3.63) is 404 Å². The largest absolute Gasteiger partial charge is 0.0622 e. The van der Waals surface area contributed by atoms with Crippen LogP contribution in [0.1, 0.15) is 89.0 Å². The third-order valence-corrected chi connectivity index (χ3v) is 16.3. The van der Waals surface area contributed by atoms with Gasteiger partial charge in [-0.25, -0.2) is 0 Å². The summed E-state index contributed by atoms with van der Waals surface area (Å²) >= 11 is 0. The molecule has 0 saturated heterocycles. The van der Waals surface area contributed by atoms with Gasteiger partial charge in [-0.1, -0.05) is 315 Å². The van der Waals surface area contributed by atoms with Crippen molar-refractivity contribution in [2.24, 2.45) is 0 Å². The first kappa shape index (κ1) is 48.2. The zero-order valence-electron chi connectivity index (χ0n) is 44.4. The van der Waals surface area contributed by atoms with Crippen LogP contribution in [0.2, 0.25) is 0 Å². The molecule has 0 heteroatoms. The van der Waals surface area contributed by atoms with E-state index < -0.39 is 0 Å². The summed E-state index contributed by atoms with van der Waals surface area (Å²) < 4.78 is 0.